The van der Waals surface area contributed by atoms with Gasteiger partial charge in [0, 0.05) is 26.2 Å². The molecule has 0 radical (unpaired) electrons. The highest BCUT2D eigenvalue weighted by Gasteiger charge is 2.07. The summed E-state index contributed by atoms with van der Waals surface area (Å²) in [6.45, 7) is 5.32. The molecule has 1 aliphatic heterocycles. The van der Waals surface area contributed by atoms with Crippen LogP contribution in [-0.2, 0) is 0 Å². The molecule has 4 heteroatoms. The van der Waals surface area contributed by atoms with E-state index in [0.717, 1.165) is 0 Å². The van der Waals surface area contributed by atoms with E-state index in [1.54, 1.807) is 0 Å². The Morgan fingerprint density at radius 2 is 1.00 bits per heavy atom. The molecule has 1 rings (SSSR count). The van der Waals surface area contributed by atoms with Crippen molar-refractivity contribution in [3.63, 3.8) is 0 Å². The fourth-order valence-electron chi connectivity index (χ4n) is 0.906. The van der Waals surface area contributed by atoms with E-state index in [0.29, 0.717) is 0 Å². The van der Waals surface area contributed by atoms with Gasteiger partial charge >= 0.3 is 0 Å². The quantitative estimate of drug-likeness (QED) is 0.340. The van der Waals surface area contributed by atoms with Crippen LogP contribution in [0.5, 0.6) is 0 Å². The molecule has 0 amide bonds. The molecule has 48 valence electrons. The van der Waals surface area contributed by atoms with Crippen LogP contribution in [0, 0.1) is 0 Å². The van der Waals surface area contributed by atoms with Gasteiger partial charge in [0.05, 0.1) is 20.8 Å². The molecule has 1 heterocycles. The molecular weight excluding hydrogens is 132 g/mol. The van der Waals surface area contributed by atoms with Gasteiger partial charge < -0.3 is 9.13 Å². The minimum atomic E-state index is 1.26. The molecule has 0 aromatic carbocycles. The molecule has 1 aliphatic rings. The van der Waals surface area contributed by atoms with Crippen LogP contribution in [0.2, 0.25) is 0 Å². The fourth-order valence-corrected chi connectivity index (χ4v) is 1.71. The van der Waals surface area contributed by atoms with Crippen molar-refractivity contribution >= 4 is 20.8 Å². The third-order valence-electron chi connectivity index (χ3n) is 1.73. The molecule has 0 saturated carbocycles. The summed E-state index contributed by atoms with van der Waals surface area (Å²) in [4.78, 5) is 0. The zero-order valence-electron chi connectivity index (χ0n) is 5.72. The van der Waals surface area contributed by atoms with Crippen molar-refractivity contribution in [2.24, 2.45) is 0 Å². The molecule has 0 bridgehead atoms. The SMILES string of the molecule is [SiH3]N1CCN([SiH3])CC1. The Hall–Kier alpha value is 0.354. The first-order valence-electron chi connectivity index (χ1n) is 3.16. The molecule has 0 N–H and O–H groups in total. The Bertz CT molecular complexity index is 60.4. The average Bonchev–Trinajstić information content (AvgIpc) is 1.77. The van der Waals surface area contributed by atoms with Gasteiger partial charge in [0.15, 0.2) is 0 Å². The molecule has 2 nitrogen and oxygen atoms in total. The third kappa shape index (κ3) is 1.70. The molecule has 0 spiro atoms. The van der Waals surface area contributed by atoms with Gasteiger partial charge in [-0.25, -0.2) is 0 Å². The fraction of sp³-hybridized carbons (Fsp3) is 1.00. The highest BCUT2D eigenvalue weighted by Crippen LogP contribution is 1.92. The van der Waals surface area contributed by atoms with Crippen LogP contribution in [-0.4, -0.2) is 56.1 Å². The van der Waals surface area contributed by atoms with E-state index in [9.17, 15) is 0 Å². The maximum atomic E-state index is 2.52. The summed E-state index contributed by atoms with van der Waals surface area (Å²) >= 11 is 0. The lowest BCUT2D eigenvalue weighted by Crippen LogP contribution is -2.43. The standard InChI is InChI=1S/C4H14N2Si2/c7-5-1-2-6(8)4-3-5/h1-4H2,7-8H3. The lowest BCUT2D eigenvalue weighted by Gasteiger charge is -2.29. The maximum Gasteiger partial charge on any atom is 0.0785 e. The van der Waals surface area contributed by atoms with Crippen LogP contribution in [0.4, 0.5) is 0 Å². The van der Waals surface area contributed by atoms with Crippen LogP contribution in [0.1, 0.15) is 0 Å². The van der Waals surface area contributed by atoms with Gasteiger partial charge in [0.1, 0.15) is 0 Å². The van der Waals surface area contributed by atoms with Crippen molar-refractivity contribution in [1.29, 1.82) is 0 Å². The minimum absolute atomic E-state index is 1.26. The lowest BCUT2D eigenvalue weighted by molar-refractivity contribution is 0.291. The summed E-state index contributed by atoms with van der Waals surface area (Å²) in [5.74, 6) is 0. The predicted molar refractivity (Wildman–Crippen MR) is 43.0 cm³/mol. The Kier molecular flexibility index (Phi) is 2.24. The van der Waals surface area contributed by atoms with Crippen LogP contribution in [0.25, 0.3) is 0 Å². The second-order valence-electron chi connectivity index (χ2n) is 2.61. The van der Waals surface area contributed by atoms with Gasteiger partial charge in [-0.2, -0.15) is 0 Å². The van der Waals surface area contributed by atoms with Gasteiger partial charge in [0.25, 0.3) is 0 Å². The first kappa shape index (κ1) is 6.47. The number of piperazine rings is 1. The Morgan fingerprint density at radius 3 is 1.25 bits per heavy atom. The second kappa shape index (κ2) is 2.77. The number of rotatable bonds is 0. The molecular formula is C4H14N2Si2. The van der Waals surface area contributed by atoms with Crippen molar-refractivity contribution in [2.75, 3.05) is 26.2 Å². The molecule has 0 aromatic heterocycles. The van der Waals surface area contributed by atoms with Gasteiger partial charge in [-0.15, -0.1) is 0 Å². The van der Waals surface area contributed by atoms with Crippen LogP contribution >= 0.6 is 0 Å². The molecule has 0 aromatic rings. The molecule has 8 heavy (non-hydrogen) atoms. The van der Waals surface area contributed by atoms with E-state index >= 15 is 0 Å². The zero-order chi connectivity index (χ0) is 5.98. The van der Waals surface area contributed by atoms with E-state index in [-0.39, 0.29) is 0 Å². The van der Waals surface area contributed by atoms with Crippen molar-refractivity contribution in [2.45, 2.75) is 0 Å². The van der Waals surface area contributed by atoms with Crippen molar-refractivity contribution in [3.05, 3.63) is 0 Å². The van der Waals surface area contributed by atoms with Crippen molar-refractivity contribution in [3.8, 4) is 0 Å². The number of hydrogen-bond acceptors (Lipinski definition) is 2. The van der Waals surface area contributed by atoms with Gasteiger partial charge in [-0.1, -0.05) is 0 Å². The lowest BCUT2D eigenvalue weighted by atomic mass is 10.4. The highest BCUT2D eigenvalue weighted by molar-refractivity contribution is 6.06. The molecule has 0 unspecified atom stereocenters. The van der Waals surface area contributed by atoms with E-state index < -0.39 is 0 Å². The van der Waals surface area contributed by atoms with E-state index in [1.165, 1.54) is 47.0 Å². The summed E-state index contributed by atoms with van der Waals surface area (Å²) in [7, 11) is 2.53. The van der Waals surface area contributed by atoms with Gasteiger partial charge in [-0.3, -0.25) is 0 Å². The van der Waals surface area contributed by atoms with Gasteiger partial charge in [-0.05, 0) is 0 Å². The van der Waals surface area contributed by atoms with Crippen molar-refractivity contribution < 1.29 is 0 Å². The van der Waals surface area contributed by atoms with E-state index in [4.69, 9.17) is 0 Å². The van der Waals surface area contributed by atoms with E-state index in [1.807, 2.05) is 0 Å². The molecule has 0 aliphatic carbocycles. The summed E-state index contributed by atoms with van der Waals surface area (Å²) in [6.07, 6.45) is 0. The van der Waals surface area contributed by atoms with Crippen LogP contribution < -0.4 is 0 Å². The normalized spacial score (nSPS) is 27.0. The topological polar surface area (TPSA) is 6.48 Å². The minimum Gasteiger partial charge on any atom is -0.330 e. The summed E-state index contributed by atoms with van der Waals surface area (Å²) in [5.41, 5.74) is 0. The summed E-state index contributed by atoms with van der Waals surface area (Å²) in [6, 6.07) is 0. The Morgan fingerprint density at radius 1 is 0.750 bits per heavy atom. The molecule has 0 atom stereocenters. The first-order chi connectivity index (χ1) is 3.79. The monoisotopic (exact) mass is 146 g/mol. The predicted octanol–water partition coefficient (Wildman–Crippen LogP) is -2.84. The number of hydrogen-bond donors (Lipinski definition) is 0. The van der Waals surface area contributed by atoms with E-state index in [2.05, 4.69) is 9.13 Å². The largest absolute Gasteiger partial charge is 0.330 e. The molecule has 1 fully saturated rings. The summed E-state index contributed by atoms with van der Waals surface area (Å²) in [5, 5.41) is 0. The maximum absolute atomic E-state index is 2.52. The molecule has 1 saturated heterocycles. The smallest absolute Gasteiger partial charge is 0.0785 e. The average molecular weight is 146 g/mol. The Labute approximate surface area is 56.8 Å². The van der Waals surface area contributed by atoms with Crippen LogP contribution in [0.3, 0.4) is 0 Å². The van der Waals surface area contributed by atoms with Crippen LogP contribution in [0.15, 0.2) is 0 Å². The summed E-state index contributed by atoms with van der Waals surface area (Å²) < 4.78 is 5.04. The van der Waals surface area contributed by atoms with Gasteiger partial charge in [0.2, 0.25) is 0 Å². The Balaban J connectivity index is 2.19. The first-order valence-corrected chi connectivity index (χ1v) is 4.95. The number of nitrogens with zero attached hydrogens (tertiary/aromatic N) is 2. The van der Waals surface area contributed by atoms with Crippen molar-refractivity contribution in [1.82, 2.24) is 9.13 Å². The highest BCUT2D eigenvalue weighted by atomic mass is 28.2. The second-order valence-corrected chi connectivity index (χ2v) is 5.14. The third-order valence-corrected chi connectivity index (χ3v) is 3.52. The zero-order valence-corrected chi connectivity index (χ0v) is 9.72.